The molecule has 1 atom stereocenters. The number of piperazine rings is 1. The number of anilines is 1. The van der Waals surface area contributed by atoms with Crippen molar-refractivity contribution < 1.29 is 8.95 Å². The van der Waals surface area contributed by atoms with Gasteiger partial charge in [0.2, 0.25) is 0 Å². The standard InChI is InChI=1S/C22H31N5O2S.C2H6/c1-5-18(2)25(4)15-17-29-16-10-19(3)30(28)27-21-9-7-6-8-20(21)22(24-27)26-13-11-23-12-14-26;1-2/h5-10,16,23H,3,11-15,17H2,1-2,4H3;1-2H3/b16-10+,18-5+;. The van der Waals surface area contributed by atoms with Crippen molar-refractivity contribution in [1.82, 2.24) is 19.4 Å². The van der Waals surface area contributed by atoms with Gasteiger partial charge in [0, 0.05) is 44.3 Å². The zero-order chi connectivity index (χ0) is 23.5. The molecular formula is C24H37N5O2S. The molecule has 1 N–H and O–H groups in total. The first-order valence-electron chi connectivity index (χ1n) is 11.2. The molecule has 0 spiro atoms. The second-order valence-corrected chi connectivity index (χ2v) is 8.56. The Kier molecular flexibility index (Phi) is 10.5. The van der Waals surface area contributed by atoms with Crippen molar-refractivity contribution in [2.75, 3.05) is 51.3 Å². The molecule has 8 heteroatoms. The molecule has 0 aliphatic carbocycles. The Hall–Kier alpha value is -2.58. The molecule has 2 aromatic rings. The van der Waals surface area contributed by atoms with Crippen LogP contribution in [0.4, 0.5) is 5.82 Å². The zero-order valence-corrected chi connectivity index (χ0v) is 20.8. The number of likely N-dealkylation sites (N-methyl/N-ethyl adjacent to an activating group) is 1. The number of hydrogen-bond acceptors (Lipinski definition) is 6. The smallest absolute Gasteiger partial charge is 0.173 e. The molecule has 1 aliphatic heterocycles. The Balaban J connectivity index is 0.00000176. The lowest BCUT2D eigenvalue weighted by Gasteiger charge is -2.27. The van der Waals surface area contributed by atoms with E-state index >= 15 is 0 Å². The van der Waals surface area contributed by atoms with Crippen molar-refractivity contribution in [2.45, 2.75) is 27.7 Å². The summed E-state index contributed by atoms with van der Waals surface area (Å²) in [5, 5.41) is 9.05. The molecule has 7 nitrogen and oxygen atoms in total. The van der Waals surface area contributed by atoms with Gasteiger partial charge in [0.25, 0.3) is 0 Å². The number of nitrogens with one attached hydrogen (secondary N) is 1. The monoisotopic (exact) mass is 459 g/mol. The highest BCUT2D eigenvalue weighted by Crippen LogP contribution is 2.27. The van der Waals surface area contributed by atoms with E-state index in [1.54, 1.807) is 16.4 Å². The molecule has 0 amide bonds. The highest BCUT2D eigenvalue weighted by atomic mass is 32.2. The summed E-state index contributed by atoms with van der Waals surface area (Å²) in [5.41, 5.74) is 2.03. The van der Waals surface area contributed by atoms with E-state index in [9.17, 15) is 4.21 Å². The lowest BCUT2D eigenvalue weighted by molar-refractivity contribution is 0.214. The second-order valence-electron chi connectivity index (χ2n) is 7.19. The van der Waals surface area contributed by atoms with Gasteiger partial charge in [-0.1, -0.05) is 38.6 Å². The van der Waals surface area contributed by atoms with Crippen LogP contribution in [0.2, 0.25) is 0 Å². The van der Waals surface area contributed by atoms with Crippen molar-refractivity contribution in [3.63, 3.8) is 0 Å². The van der Waals surface area contributed by atoms with E-state index in [-0.39, 0.29) is 0 Å². The number of fused-ring (bicyclic) bond motifs is 1. The van der Waals surface area contributed by atoms with Gasteiger partial charge in [0.1, 0.15) is 6.61 Å². The number of hydrogen-bond donors (Lipinski definition) is 1. The van der Waals surface area contributed by atoms with Gasteiger partial charge in [0.15, 0.2) is 16.8 Å². The number of para-hydroxylation sites is 1. The fraction of sp³-hybridized carbons (Fsp3) is 0.458. The molecule has 1 aromatic heterocycles. The lowest BCUT2D eigenvalue weighted by atomic mass is 10.2. The number of ether oxygens (including phenoxy) is 1. The van der Waals surface area contributed by atoms with Gasteiger partial charge in [-0.05, 0) is 32.1 Å². The predicted octanol–water partition coefficient (Wildman–Crippen LogP) is 3.88. The third-order valence-electron chi connectivity index (χ3n) is 5.25. The molecule has 1 saturated heterocycles. The van der Waals surface area contributed by atoms with Crippen LogP contribution >= 0.6 is 0 Å². The van der Waals surface area contributed by atoms with Crippen LogP contribution in [0.25, 0.3) is 10.9 Å². The molecule has 3 rings (SSSR count). The third-order valence-corrected chi connectivity index (χ3v) is 6.43. The summed E-state index contributed by atoms with van der Waals surface area (Å²) in [6, 6.07) is 7.89. The zero-order valence-electron chi connectivity index (χ0n) is 20.0. The highest BCUT2D eigenvalue weighted by molar-refractivity contribution is 7.87. The van der Waals surface area contributed by atoms with Crippen LogP contribution in [-0.2, 0) is 15.7 Å². The summed E-state index contributed by atoms with van der Waals surface area (Å²) >= 11 is 0. The van der Waals surface area contributed by atoms with Crippen LogP contribution in [0.1, 0.15) is 27.7 Å². The van der Waals surface area contributed by atoms with Crippen LogP contribution in [0.5, 0.6) is 0 Å². The summed E-state index contributed by atoms with van der Waals surface area (Å²) in [5.74, 6) is 0.871. The van der Waals surface area contributed by atoms with E-state index in [1.807, 2.05) is 52.1 Å². The fourth-order valence-electron chi connectivity index (χ4n) is 3.21. The minimum atomic E-state index is -1.53. The van der Waals surface area contributed by atoms with Gasteiger partial charge in [-0.15, -0.1) is 5.10 Å². The average molecular weight is 460 g/mol. The topological polar surface area (TPSA) is 62.6 Å². The number of nitrogens with zero attached hydrogens (tertiary/aromatic N) is 4. The van der Waals surface area contributed by atoms with Crippen molar-refractivity contribution >= 4 is 27.7 Å². The Morgan fingerprint density at radius 1 is 1.31 bits per heavy atom. The SMILES string of the molecule is C=C(/C=C/OCCN(C)/C(C)=C/C)S(=O)n1nc(N2CCNCC2)c2ccccc21.CC. The van der Waals surface area contributed by atoms with E-state index < -0.39 is 11.0 Å². The van der Waals surface area contributed by atoms with Crippen molar-refractivity contribution in [3.05, 3.63) is 59.9 Å². The molecular weight excluding hydrogens is 422 g/mol. The first kappa shape index (κ1) is 25.7. The quantitative estimate of drug-likeness (QED) is 0.349. The number of aromatic nitrogens is 2. The maximum absolute atomic E-state index is 13.1. The second kappa shape index (κ2) is 13.1. The Morgan fingerprint density at radius 3 is 2.69 bits per heavy atom. The van der Waals surface area contributed by atoms with Crippen LogP contribution < -0.4 is 10.2 Å². The van der Waals surface area contributed by atoms with Crippen LogP contribution in [0, 0.1) is 0 Å². The van der Waals surface area contributed by atoms with Crippen LogP contribution in [-0.4, -0.2) is 64.7 Å². The van der Waals surface area contributed by atoms with Gasteiger partial charge in [0.05, 0.1) is 23.2 Å². The normalized spacial score (nSPS) is 15.4. The molecule has 0 radical (unpaired) electrons. The fourth-order valence-corrected chi connectivity index (χ4v) is 4.09. The first-order chi connectivity index (χ1) is 15.5. The summed E-state index contributed by atoms with van der Waals surface area (Å²) < 4.78 is 20.2. The van der Waals surface area contributed by atoms with Crippen LogP contribution in [0.3, 0.4) is 0 Å². The first-order valence-corrected chi connectivity index (χ1v) is 12.3. The molecule has 1 unspecified atom stereocenters. The largest absolute Gasteiger partial charge is 0.499 e. The molecule has 1 fully saturated rings. The minimum Gasteiger partial charge on any atom is -0.499 e. The number of allylic oxidation sites excluding steroid dienone is 3. The summed E-state index contributed by atoms with van der Waals surface area (Å²) in [6.07, 6.45) is 5.27. The maximum atomic E-state index is 13.1. The Labute approximate surface area is 195 Å². The van der Waals surface area contributed by atoms with Gasteiger partial charge >= 0.3 is 0 Å². The minimum absolute atomic E-state index is 0.438. The van der Waals surface area contributed by atoms with E-state index in [0.29, 0.717) is 11.5 Å². The molecule has 0 saturated carbocycles. The van der Waals surface area contributed by atoms with Gasteiger partial charge in [-0.2, -0.15) is 4.09 Å². The number of benzene rings is 1. The number of rotatable bonds is 9. The summed E-state index contributed by atoms with van der Waals surface area (Å²) in [4.78, 5) is 4.79. The highest BCUT2D eigenvalue weighted by Gasteiger charge is 2.21. The summed E-state index contributed by atoms with van der Waals surface area (Å²) in [6.45, 7) is 16.9. The molecule has 1 aromatic carbocycles. The molecule has 176 valence electrons. The van der Waals surface area contributed by atoms with E-state index in [2.05, 4.69) is 34.7 Å². The van der Waals surface area contributed by atoms with Gasteiger partial charge in [-0.25, -0.2) is 4.21 Å². The van der Waals surface area contributed by atoms with Crippen LogP contribution in [0.15, 0.2) is 59.9 Å². The summed E-state index contributed by atoms with van der Waals surface area (Å²) in [7, 11) is 0.496. The van der Waals surface area contributed by atoms with Crippen molar-refractivity contribution in [3.8, 4) is 0 Å². The molecule has 0 bridgehead atoms. The van der Waals surface area contributed by atoms with Crippen molar-refractivity contribution in [2.24, 2.45) is 0 Å². The maximum Gasteiger partial charge on any atom is 0.173 e. The van der Waals surface area contributed by atoms with Gasteiger partial charge < -0.3 is 19.9 Å². The molecule has 32 heavy (non-hydrogen) atoms. The predicted molar refractivity (Wildman–Crippen MR) is 136 cm³/mol. The lowest BCUT2D eigenvalue weighted by Crippen LogP contribution is -2.43. The Bertz CT molecular complexity index is 960. The van der Waals surface area contributed by atoms with E-state index in [1.165, 1.54) is 5.70 Å². The average Bonchev–Trinajstić information content (AvgIpc) is 3.24. The molecule has 2 heterocycles. The van der Waals surface area contributed by atoms with E-state index in [4.69, 9.17) is 9.84 Å². The van der Waals surface area contributed by atoms with E-state index in [0.717, 1.165) is 49.4 Å². The third kappa shape index (κ3) is 6.46. The Morgan fingerprint density at radius 2 is 2.00 bits per heavy atom. The van der Waals surface area contributed by atoms with Gasteiger partial charge in [-0.3, -0.25) is 0 Å². The molecule has 1 aliphatic rings. The van der Waals surface area contributed by atoms with Crippen molar-refractivity contribution in [1.29, 1.82) is 0 Å².